The molecule has 21 heavy (non-hydrogen) atoms. The van der Waals surface area contributed by atoms with Gasteiger partial charge in [-0.05, 0) is 42.3 Å². The monoisotopic (exact) mass is 372 g/mol. The third-order valence-electron chi connectivity index (χ3n) is 2.89. The minimum atomic E-state index is -3.97. The summed E-state index contributed by atoms with van der Waals surface area (Å²) in [5, 5.41) is 0. The van der Waals surface area contributed by atoms with Gasteiger partial charge in [-0.15, -0.1) is 0 Å². The van der Waals surface area contributed by atoms with Gasteiger partial charge in [-0.25, -0.2) is 17.5 Å². The zero-order chi connectivity index (χ0) is 15.6. The Hall–Kier alpha value is -1.44. The lowest BCUT2D eigenvalue weighted by Gasteiger charge is -2.10. The molecule has 0 unspecified atom stereocenters. The van der Waals surface area contributed by atoms with Crippen LogP contribution >= 0.6 is 15.9 Å². The highest BCUT2D eigenvalue weighted by Gasteiger charge is 2.20. The number of sulfonamides is 1. The number of halogens is 2. The Bertz CT molecular complexity index is 779. The number of rotatable bonds is 4. The van der Waals surface area contributed by atoms with Crippen molar-refractivity contribution in [1.82, 2.24) is 4.72 Å². The molecule has 0 aromatic heterocycles. The highest BCUT2D eigenvalue weighted by molar-refractivity contribution is 9.10. The van der Waals surface area contributed by atoms with E-state index in [4.69, 9.17) is 5.73 Å². The summed E-state index contributed by atoms with van der Waals surface area (Å²) in [6, 6.07) is 9.68. The van der Waals surface area contributed by atoms with Crippen LogP contribution in [0.15, 0.2) is 45.8 Å². The third kappa shape index (κ3) is 3.81. The second-order valence-electron chi connectivity index (χ2n) is 4.60. The molecule has 112 valence electrons. The number of hydrogen-bond donors (Lipinski definition) is 2. The molecule has 0 aliphatic carbocycles. The number of nitrogen functional groups attached to an aromatic ring is 1. The minimum absolute atomic E-state index is 0.0645. The van der Waals surface area contributed by atoms with Crippen LogP contribution in [0.2, 0.25) is 0 Å². The molecular formula is C14H14BrFN2O2S. The predicted octanol–water partition coefficient (Wildman–Crippen LogP) is 2.96. The molecule has 0 atom stereocenters. The quantitative estimate of drug-likeness (QED) is 0.810. The molecule has 2 aromatic carbocycles. The second kappa shape index (κ2) is 6.13. The predicted molar refractivity (Wildman–Crippen MR) is 83.7 cm³/mol. The van der Waals surface area contributed by atoms with Gasteiger partial charge in [-0.2, -0.15) is 0 Å². The molecule has 2 rings (SSSR count). The fourth-order valence-corrected chi connectivity index (χ4v) is 3.51. The Morgan fingerprint density at radius 1 is 1.29 bits per heavy atom. The van der Waals surface area contributed by atoms with Gasteiger partial charge in [0.1, 0.15) is 10.7 Å². The SMILES string of the molecule is Cc1cc(N)cc(S(=O)(=O)NCc2cccc(Br)c2)c1F. The maximum atomic E-state index is 14.0. The minimum Gasteiger partial charge on any atom is -0.399 e. The van der Waals surface area contributed by atoms with Crippen molar-refractivity contribution < 1.29 is 12.8 Å². The molecule has 0 fully saturated rings. The molecule has 0 aliphatic rings. The maximum Gasteiger partial charge on any atom is 0.243 e. The van der Waals surface area contributed by atoms with Gasteiger partial charge in [0.2, 0.25) is 10.0 Å². The van der Waals surface area contributed by atoms with Gasteiger partial charge >= 0.3 is 0 Å². The molecule has 3 N–H and O–H groups in total. The fraction of sp³-hybridized carbons (Fsp3) is 0.143. The Morgan fingerprint density at radius 2 is 2.00 bits per heavy atom. The summed E-state index contributed by atoms with van der Waals surface area (Å²) in [6.45, 7) is 1.54. The standard InChI is InChI=1S/C14H14BrFN2O2S/c1-9-5-12(17)7-13(14(9)16)21(19,20)18-8-10-3-2-4-11(15)6-10/h2-7,18H,8,17H2,1H3. The first-order chi connectivity index (χ1) is 9.79. The maximum absolute atomic E-state index is 14.0. The molecule has 2 aromatic rings. The van der Waals surface area contributed by atoms with E-state index in [1.165, 1.54) is 13.0 Å². The van der Waals surface area contributed by atoms with Crippen LogP contribution in [0, 0.1) is 12.7 Å². The van der Waals surface area contributed by atoms with Gasteiger partial charge in [-0.3, -0.25) is 0 Å². The highest BCUT2D eigenvalue weighted by atomic mass is 79.9. The van der Waals surface area contributed by atoms with Gasteiger partial charge in [0.15, 0.2) is 0 Å². The zero-order valence-corrected chi connectivity index (χ0v) is 13.6. The third-order valence-corrected chi connectivity index (χ3v) is 4.78. The van der Waals surface area contributed by atoms with Crippen LogP contribution in [0.25, 0.3) is 0 Å². The molecule has 4 nitrogen and oxygen atoms in total. The number of benzene rings is 2. The molecule has 0 saturated heterocycles. The van der Waals surface area contributed by atoms with Crippen LogP contribution in [0.4, 0.5) is 10.1 Å². The van der Waals surface area contributed by atoms with Crippen molar-refractivity contribution in [3.8, 4) is 0 Å². The van der Waals surface area contributed by atoms with Crippen molar-refractivity contribution >= 4 is 31.6 Å². The number of nitrogens with one attached hydrogen (secondary N) is 1. The molecule has 0 amide bonds. The smallest absolute Gasteiger partial charge is 0.243 e. The Kier molecular flexibility index (Phi) is 4.65. The topological polar surface area (TPSA) is 72.2 Å². The van der Waals surface area contributed by atoms with Crippen LogP contribution in [0.1, 0.15) is 11.1 Å². The van der Waals surface area contributed by atoms with E-state index in [9.17, 15) is 12.8 Å². The lowest BCUT2D eigenvalue weighted by Crippen LogP contribution is -2.24. The van der Waals surface area contributed by atoms with Crippen molar-refractivity contribution in [3.63, 3.8) is 0 Å². The first kappa shape index (κ1) is 15.9. The average Bonchev–Trinajstić information content (AvgIpc) is 2.41. The average molecular weight is 373 g/mol. The molecule has 0 saturated carbocycles. The van der Waals surface area contributed by atoms with Gasteiger partial charge < -0.3 is 5.73 Å². The van der Waals surface area contributed by atoms with Crippen LogP contribution in [0.3, 0.4) is 0 Å². The number of nitrogens with two attached hydrogens (primary N) is 1. The van der Waals surface area contributed by atoms with E-state index >= 15 is 0 Å². The molecule has 0 heterocycles. The molecule has 0 spiro atoms. The summed E-state index contributed by atoms with van der Waals surface area (Å²) in [7, 11) is -3.97. The van der Waals surface area contributed by atoms with Gasteiger partial charge in [0, 0.05) is 16.7 Å². The number of hydrogen-bond acceptors (Lipinski definition) is 3. The van der Waals surface area contributed by atoms with E-state index in [2.05, 4.69) is 20.7 Å². The van der Waals surface area contributed by atoms with E-state index in [0.29, 0.717) is 0 Å². The van der Waals surface area contributed by atoms with E-state index < -0.39 is 20.7 Å². The van der Waals surface area contributed by atoms with E-state index in [1.54, 1.807) is 18.2 Å². The lowest BCUT2D eigenvalue weighted by atomic mass is 10.2. The van der Waals surface area contributed by atoms with E-state index in [-0.39, 0.29) is 17.8 Å². The molecule has 0 aliphatic heterocycles. The van der Waals surface area contributed by atoms with Crippen molar-refractivity contribution in [2.24, 2.45) is 0 Å². The summed E-state index contributed by atoms with van der Waals surface area (Å²) in [5.74, 6) is -0.786. The molecule has 7 heteroatoms. The Morgan fingerprint density at radius 3 is 2.67 bits per heavy atom. The number of aryl methyl sites for hydroxylation is 1. The second-order valence-corrected chi connectivity index (χ2v) is 7.26. The summed E-state index contributed by atoms with van der Waals surface area (Å²) >= 11 is 3.30. The number of anilines is 1. The van der Waals surface area contributed by atoms with Crippen LogP contribution in [-0.2, 0) is 16.6 Å². The fourth-order valence-electron chi connectivity index (χ4n) is 1.86. The van der Waals surface area contributed by atoms with Gasteiger partial charge in [0.25, 0.3) is 0 Å². The lowest BCUT2D eigenvalue weighted by molar-refractivity contribution is 0.553. The van der Waals surface area contributed by atoms with Crippen molar-refractivity contribution in [1.29, 1.82) is 0 Å². The van der Waals surface area contributed by atoms with Crippen LogP contribution < -0.4 is 10.5 Å². The van der Waals surface area contributed by atoms with Gasteiger partial charge in [0.05, 0.1) is 0 Å². The first-order valence-corrected chi connectivity index (χ1v) is 8.37. The van der Waals surface area contributed by atoms with E-state index in [0.717, 1.165) is 16.1 Å². The molecule has 0 bridgehead atoms. The summed E-state index contributed by atoms with van der Waals surface area (Å²) in [6.07, 6.45) is 0. The van der Waals surface area contributed by atoms with Gasteiger partial charge in [-0.1, -0.05) is 28.1 Å². The van der Waals surface area contributed by atoms with Crippen molar-refractivity contribution in [3.05, 3.63) is 57.8 Å². The Balaban J connectivity index is 2.27. The largest absolute Gasteiger partial charge is 0.399 e. The van der Waals surface area contributed by atoms with E-state index in [1.807, 2.05) is 6.07 Å². The van der Waals surface area contributed by atoms with Crippen molar-refractivity contribution in [2.45, 2.75) is 18.4 Å². The highest BCUT2D eigenvalue weighted by Crippen LogP contribution is 2.22. The Labute approximate surface area is 131 Å². The summed E-state index contributed by atoms with van der Waals surface area (Å²) in [4.78, 5) is -0.435. The summed E-state index contributed by atoms with van der Waals surface area (Å²) < 4.78 is 41.6. The summed E-state index contributed by atoms with van der Waals surface area (Å²) in [5.41, 5.74) is 6.74. The van der Waals surface area contributed by atoms with Crippen LogP contribution in [0.5, 0.6) is 0 Å². The zero-order valence-electron chi connectivity index (χ0n) is 11.2. The molecular weight excluding hydrogens is 359 g/mol. The van der Waals surface area contributed by atoms with Crippen LogP contribution in [-0.4, -0.2) is 8.42 Å². The normalized spacial score (nSPS) is 11.6. The molecule has 0 radical (unpaired) electrons. The van der Waals surface area contributed by atoms with Crippen molar-refractivity contribution in [2.75, 3.05) is 5.73 Å². The first-order valence-electron chi connectivity index (χ1n) is 6.09.